The molecule has 0 fully saturated rings. The summed E-state index contributed by atoms with van der Waals surface area (Å²) in [6.45, 7) is 0. The van der Waals surface area contributed by atoms with E-state index in [4.69, 9.17) is 0 Å². The maximum atomic E-state index is 13.3. The summed E-state index contributed by atoms with van der Waals surface area (Å²) in [5, 5.41) is 6.14. The summed E-state index contributed by atoms with van der Waals surface area (Å²) in [7, 11) is 4.01. The molecule has 0 saturated carbocycles. The van der Waals surface area contributed by atoms with Gasteiger partial charge in [-0.15, -0.1) is 0 Å². The minimum atomic E-state index is -0.136. The molecule has 1 amide bonds. The number of hydrazone groups is 1. The van der Waals surface area contributed by atoms with Crippen molar-refractivity contribution in [1.82, 2.24) is 0 Å². The predicted molar refractivity (Wildman–Crippen MR) is 123 cm³/mol. The number of benzene rings is 3. The van der Waals surface area contributed by atoms with E-state index in [9.17, 15) is 4.79 Å². The van der Waals surface area contributed by atoms with Gasteiger partial charge in [0.1, 0.15) is 5.71 Å². The number of carbonyl (C=O) groups excluding carboxylic acids is 1. The number of halogens is 1. The van der Waals surface area contributed by atoms with Gasteiger partial charge in [0, 0.05) is 29.8 Å². The quantitative estimate of drug-likeness (QED) is 0.507. The lowest BCUT2D eigenvalue weighted by atomic mass is 10.00. The third-order valence-electron chi connectivity index (χ3n) is 4.72. The molecule has 5 heteroatoms. The van der Waals surface area contributed by atoms with Crippen LogP contribution in [0.3, 0.4) is 0 Å². The molecular weight excluding hydrogens is 426 g/mol. The van der Waals surface area contributed by atoms with Crippen molar-refractivity contribution in [2.24, 2.45) is 5.10 Å². The van der Waals surface area contributed by atoms with Crippen molar-refractivity contribution in [2.75, 3.05) is 24.0 Å². The van der Waals surface area contributed by atoms with E-state index in [1.54, 1.807) is 0 Å². The van der Waals surface area contributed by atoms with Gasteiger partial charge in [0.05, 0.1) is 11.3 Å². The summed E-state index contributed by atoms with van der Waals surface area (Å²) in [4.78, 5) is 15.3. The molecule has 0 saturated heterocycles. The van der Waals surface area contributed by atoms with Gasteiger partial charge in [-0.3, -0.25) is 4.79 Å². The molecule has 1 aliphatic rings. The zero-order valence-electron chi connectivity index (χ0n) is 16.2. The van der Waals surface area contributed by atoms with Gasteiger partial charge in [-0.25, -0.2) is 0 Å². The van der Waals surface area contributed by atoms with E-state index >= 15 is 0 Å². The van der Waals surface area contributed by atoms with Crippen LogP contribution in [0.25, 0.3) is 6.08 Å². The molecule has 29 heavy (non-hydrogen) atoms. The molecule has 0 spiro atoms. The van der Waals surface area contributed by atoms with Crippen molar-refractivity contribution < 1.29 is 4.79 Å². The van der Waals surface area contributed by atoms with E-state index < -0.39 is 0 Å². The standard InChI is InChI=1S/C24H20BrN3O/c1-27(2)20-12-8-17(9-13-20)16-22-23(18-6-4-3-5-7-18)26-28(24(22)29)21-14-10-19(25)11-15-21/h3-16H,1-2H3. The Morgan fingerprint density at radius 1 is 0.897 bits per heavy atom. The Hall–Kier alpha value is -3.18. The Morgan fingerprint density at radius 2 is 1.55 bits per heavy atom. The number of rotatable bonds is 4. The SMILES string of the molecule is CN(C)c1ccc(C=C2C(=O)N(c3ccc(Br)cc3)N=C2c2ccccc2)cc1. The van der Waals surface area contributed by atoms with Crippen LogP contribution in [0.4, 0.5) is 11.4 Å². The van der Waals surface area contributed by atoms with Gasteiger partial charge in [0.15, 0.2) is 0 Å². The first-order valence-electron chi connectivity index (χ1n) is 9.26. The number of carbonyl (C=O) groups is 1. The lowest BCUT2D eigenvalue weighted by Gasteiger charge is -2.12. The molecule has 3 aromatic carbocycles. The van der Waals surface area contributed by atoms with Crippen molar-refractivity contribution in [1.29, 1.82) is 0 Å². The van der Waals surface area contributed by atoms with E-state index in [0.717, 1.165) is 27.0 Å². The monoisotopic (exact) mass is 445 g/mol. The number of amides is 1. The van der Waals surface area contributed by atoms with Gasteiger partial charge < -0.3 is 4.90 Å². The third-order valence-corrected chi connectivity index (χ3v) is 5.25. The minimum Gasteiger partial charge on any atom is -0.378 e. The van der Waals surface area contributed by atoms with E-state index in [0.29, 0.717) is 11.3 Å². The molecule has 0 N–H and O–H groups in total. The number of hydrogen-bond donors (Lipinski definition) is 0. The van der Waals surface area contributed by atoms with E-state index in [1.807, 2.05) is 104 Å². The largest absolute Gasteiger partial charge is 0.378 e. The van der Waals surface area contributed by atoms with Crippen LogP contribution in [0.5, 0.6) is 0 Å². The molecule has 144 valence electrons. The fraction of sp³-hybridized carbons (Fsp3) is 0.0833. The highest BCUT2D eigenvalue weighted by Gasteiger charge is 2.31. The molecule has 0 radical (unpaired) electrons. The molecule has 1 aliphatic heterocycles. The highest BCUT2D eigenvalue weighted by Crippen LogP contribution is 2.29. The topological polar surface area (TPSA) is 35.9 Å². The molecule has 0 atom stereocenters. The van der Waals surface area contributed by atoms with Crippen LogP contribution < -0.4 is 9.91 Å². The second-order valence-electron chi connectivity index (χ2n) is 6.95. The zero-order chi connectivity index (χ0) is 20.4. The maximum Gasteiger partial charge on any atom is 0.281 e. The van der Waals surface area contributed by atoms with Gasteiger partial charge in [-0.05, 0) is 48.0 Å². The van der Waals surface area contributed by atoms with Crippen molar-refractivity contribution in [3.63, 3.8) is 0 Å². The maximum absolute atomic E-state index is 13.3. The fourth-order valence-corrected chi connectivity index (χ4v) is 3.41. The van der Waals surface area contributed by atoms with Crippen LogP contribution in [0.15, 0.2) is 94.0 Å². The summed E-state index contributed by atoms with van der Waals surface area (Å²) < 4.78 is 0.955. The molecule has 0 bridgehead atoms. The Morgan fingerprint density at radius 3 is 2.17 bits per heavy atom. The molecule has 0 aromatic heterocycles. The Labute approximate surface area is 178 Å². The number of nitrogens with zero attached hydrogens (tertiary/aromatic N) is 3. The smallest absolute Gasteiger partial charge is 0.281 e. The van der Waals surface area contributed by atoms with E-state index in [-0.39, 0.29) is 5.91 Å². The molecule has 4 nitrogen and oxygen atoms in total. The Bertz CT molecular complexity index is 1090. The fourth-order valence-electron chi connectivity index (χ4n) is 3.15. The van der Waals surface area contributed by atoms with Gasteiger partial charge in [-0.1, -0.05) is 58.4 Å². The van der Waals surface area contributed by atoms with Crippen molar-refractivity contribution in [2.45, 2.75) is 0 Å². The molecule has 3 aromatic rings. The van der Waals surface area contributed by atoms with Crippen molar-refractivity contribution in [3.8, 4) is 0 Å². The summed E-state index contributed by atoms with van der Waals surface area (Å²) in [5.74, 6) is -0.136. The first-order valence-corrected chi connectivity index (χ1v) is 10.1. The van der Waals surface area contributed by atoms with Crippen LogP contribution >= 0.6 is 15.9 Å². The average Bonchev–Trinajstić information content (AvgIpc) is 3.06. The Balaban J connectivity index is 1.77. The lowest BCUT2D eigenvalue weighted by molar-refractivity contribution is -0.114. The summed E-state index contributed by atoms with van der Waals surface area (Å²) >= 11 is 3.44. The second-order valence-corrected chi connectivity index (χ2v) is 7.87. The third kappa shape index (κ3) is 4.00. The Kier molecular flexibility index (Phi) is 5.32. The first kappa shape index (κ1) is 19.2. The summed E-state index contributed by atoms with van der Waals surface area (Å²) in [5.41, 5.74) is 4.97. The molecule has 4 rings (SSSR count). The van der Waals surface area contributed by atoms with Gasteiger partial charge >= 0.3 is 0 Å². The van der Waals surface area contributed by atoms with Gasteiger partial charge in [-0.2, -0.15) is 10.1 Å². The molecule has 0 aliphatic carbocycles. The van der Waals surface area contributed by atoms with Crippen molar-refractivity contribution >= 4 is 45.0 Å². The minimum absolute atomic E-state index is 0.136. The molecule has 0 unspecified atom stereocenters. The predicted octanol–water partition coefficient (Wildman–Crippen LogP) is 5.35. The van der Waals surface area contributed by atoms with Crippen molar-refractivity contribution in [3.05, 3.63) is 100 Å². The zero-order valence-corrected chi connectivity index (χ0v) is 17.8. The first-order chi connectivity index (χ1) is 14.0. The van der Waals surface area contributed by atoms with E-state index in [2.05, 4.69) is 21.0 Å². The van der Waals surface area contributed by atoms with Crippen LogP contribution in [-0.2, 0) is 4.79 Å². The highest BCUT2D eigenvalue weighted by atomic mass is 79.9. The van der Waals surface area contributed by atoms with Crippen LogP contribution in [0.2, 0.25) is 0 Å². The molecular formula is C24H20BrN3O. The molecule has 1 heterocycles. The number of hydrogen-bond acceptors (Lipinski definition) is 3. The number of anilines is 2. The van der Waals surface area contributed by atoms with Crippen LogP contribution in [0, 0.1) is 0 Å². The normalized spacial score (nSPS) is 15.0. The lowest BCUT2D eigenvalue weighted by Crippen LogP contribution is -2.21. The summed E-state index contributed by atoms with van der Waals surface area (Å²) in [6.07, 6.45) is 1.91. The van der Waals surface area contributed by atoms with E-state index in [1.165, 1.54) is 5.01 Å². The second kappa shape index (κ2) is 8.05. The van der Waals surface area contributed by atoms with Gasteiger partial charge in [0.2, 0.25) is 0 Å². The average molecular weight is 446 g/mol. The highest BCUT2D eigenvalue weighted by molar-refractivity contribution is 9.10. The van der Waals surface area contributed by atoms with Crippen LogP contribution in [0.1, 0.15) is 11.1 Å². The summed E-state index contributed by atoms with van der Waals surface area (Å²) in [6, 6.07) is 25.5. The van der Waals surface area contributed by atoms with Crippen LogP contribution in [-0.4, -0.2) is 25.7 Å². The van der Waals surface area contributed by atoms with Gasteiger partial charge in [0.25, 0.3) is 5.91 Å².